The molecule has 0 saturated carbocycles. The number of Topliss-reactive ketones (excluding diaryl/α,β-unsaturated/α-hetero) is 1. The van der Waals surface area contributed by atoms with Crippen molar-refractivity contribution in [2.24, 2.45) is 0 Å². The molecule has 26 heavy (non-hydrogen) atoms. The van der Waals surface area contributed by atoms with Gasteiger partial charge in [-0.3, -0.25) is 4.79 Å². The molecule has 0 aromatic heterocycles. The molecule has 0 aliphatic heterocycles. The van der Waals surface area contributed by atoms with Crippen molar-refractivity contribution in [3.05, 3.63) is 59.7 Å². The molecule has 2 N–H and O–H groups in total. The van der Waals surface area contributed by atoms with Gasteiger partial charge in [0.1, 0.15) is 5.75 Å². The number of aliphatic hydroxyl groups excluding tert-OH is 1. The maximum atomic E-state index is 12.7. The van der Waals surface area contributed by atoms with Crippen LogP contribution in [-0.2, 0) is 6.54 Å². The molecule has 2 rings (SSSR count). The van der Waals surface area contributed by atoms with Gasteiger partial charge >= 0.3 is 6.03 Å². The largest absolute Gasteiger partial charge is 0.492 e. The van der Waals surface area contributed by atoms with Crippen LogP contribution in [0.5, 0.6) is 5.75 Å². The zero-order valence-electron chi connectivity index (χ0n) is 15.1. The van der Waals surface area contributed by atoms with E-state index < -0.39 is 0 Å². The topological polar surface area (TPSA) is 78.9 Å². The highest BCUT2D eigenvalue weighted by atomic mass is 16.5. The first-order valence-electron chi connectivity index (χ1n) is 8.53. The Balaban J connectivity index is 2.21. The van der Waals surface area contributed by atoms with Crippen LogP contribution >= 0.6 is 0 Å². The first kappa shape index (κ1) is 19.5. The lowest BCUT2D eigenvalue weighted by Gasteiger charge is -2.23. The summed E-state index contributed by atoms with van der Waals surface area (Å²) in [5.41, 5.74) is 1.87. The third kappa shape index (κ3) is 5.32. The van der Waals surface area contributed by atoms with Gasteiger partial charge in [0.25, 0.3) is 0 Å². The quantitative estimate of drug-likeness (QED) is 0.711. The Morgan fingerprint density at radius 1 is 1.15 bits per heavy atom. The SMILES string of the molecule is CCOc1ccc(C(C)=O)cc1NC(=O)N(CCO)Cc1ccccc1. The molecule has 0 aliphatic rings. The summed E-state index contributed by atoms with van der Waals surface area (Å²) in [4.78, 5) is 25.8. The Bertz CT molecular complexity index is 747. The van der Waals surface area contributed by atoms with Crippen molar-refractivity contribution in [2.75, 3.05) is 25.1 Å². The van der Waals surface area contributed by atoms with E-state index in [1.54, 1.807) is 18.2 Å². The second kappa shape index (κ2) is 9.58. The Morgan fingerprint density at radius 3 is 2.50 bits per heavy atom. The maximum absolute atomic E-state index is 12.7. The van der Waals surface area contributed by atoms with Gasteiger partial charge in [0, 0.05) is 18.7 Å². The Kier molecular flexibility index (Phi) is 7.17. The van der Waals surface area contributed by atoms with Crippen molar-refractivity contribution in [2.45, 2.75) is 20.4 Å². The second-order valence-corrected chi connectivity index (χ2v) is 5.76. The van der Waals surface area contributed by atoms with Crippen LogP contribution < -0.4 is 10.1 Å². The third-order valence-electron chi connectivity index (χ3n) is 3.80. The molecular formula is C20H24N2O4. The summed E-state index contributed by atoms with van der Waals surface area (Å²) >= 11 is 0. The smallest absolute Gasteiger partial charge is 0.322 e. The molecule has 0 fully saturated rings. The van der Waals surface area contributed by atoms with Crippen LogP contribution in [0.3, 0.4) is 0 Å². The van der Waals surface area contributed by atoms with Gasteiger partial charge in [0.15, 0.2) is 5.78 Å². The fourth-order valence-corrected chi connectivity index (χ4v) is 2.50. The standard InChI is InChI=1S/C20H24N2O4/c1-3-26-19-10-9-17(15(2)24)13-18(19)21-20(25)22(11-12-23)14-16-7-5-4-6-8-16/h4-10,13,23H,3,11-12,14H2,1-2H3,(H,21,25). The van der Waals surface area contributed by atoms with Crippen molar-refractivity contribution >= 4 is 17.5 Å². The number of nitrogens with one attached hydrogen (secondary N) is 1. The van der Waals surface area contributed by atoms with Crippen molar-refractivity contribution in [1.82, 2.24) is 4.90 Å². The number of carbonyl (C=O) groups excluding carboxylic acids is 2. The van der Waals surface area contributed by atoms with E-state index in [0.717, 1.165) is 5.56 Å². The van der Waals surface area contributed by atoms with Crippen molar-refractivity contribution in [3.63, 3.8) is 0 Å². The molecule has 6 nitrogen and oxygen atoms in total. The predicted molar refractivity (Wildman–Crippen MR) is 101 cm³/mol. The number of aliphatic hydroxyl groups is 1. The molecule has 138 valence electrons. The molecule has 0 atom stereocenters. The van der Waals surface area contributed by atoms with Crippen LogP contribution in [0.15, 0.2) is 48.5 Å². The number of hydrogen-bond acceptors (Lipinski definition) is 4. The van der Waals surface area contributed by atoms with Crippen LogP contribution in [0.25, 0.3) is 0 Å². The minimum atomic E-state index is -0.371. The summed E-state index contributed by atoms with van der Waals surface area (Å²) in [7, 11) is 0. The summed E-state index contributed by atoms with van der Waals surface area (Å²) < 4.78 is 5.54. The molecule has 2 aromatic rings. The molecule has 0 heterocycles. The minimum Gasteiger partial charge on any atom is -0.492 e. The van der Waals surface area contributed by atoms with Gasteiger partial charge in [-0.1, -0.05) is 30.3 Å². The van der Waals surface area contributed by atoms with E-state index in [4.69, 9.17) is 4.74 Å². The first-order chi connectivity index (χ1) is 12.5. The lowest BCUT2D eigenvalue weighted by atomic mass is 10.1. The molecular weight excluding hydrogens is 332 g/mol. The molecule has 0 bridgehead atoms. The third-order valence-corrected chi connectivity index (χ3v) is 3.80. The lowest BCUT2D eigenvalue weighted by molar-refractivity contribution is 0.101. The monoisotopic (exact) mass is 356 g/mol. The van der Waals surface area contributed by atoms with Gasteiger partial charge in [-0.2, -0.15) is 0 Å². The molecule has 2 amide bonds. The number of urea groups is 1. The van der Waals surface area contributed by atoms with E-state index in [-0.39, 0.29) is 25.0 Å². The second-order valence-electron chi connectivity index (χ2n) is 5.76. The molecule has 0 aliphatic carbocycles. The van der Waals surface area contributed by atoms with Gasteiger partial charge in [-0.25, -0.2) is 4.79 Å². The summed E-state index contributed by atoms with van der Waals surface area (Å²) in [6, 6.07) is 14.1. The Morgan fingerprint density at radius 2 is 1.88 bits per heavy atom. The number of amides is 2. The number of rotatable bonds is 8. The van der Waals surface area contributed by atoms with Gasteiger partial charge in [-0.05, 0) is 37.6 Å². The highest BCUT2D eigenvalue weighted by molar-refractivity contribution is 5.97. The predicted octanol–water partition coefficient (Wildman–Crippen LogP) is 3.31. The van der Waals surface area contributed by atoms with Gasteiger partial charge in [0.05, 0.1) is 18.9 Å². The molecule has 2 aromatic carbocycles. The number of anilines is 1. The normalized spacial score (nSPS) is 10.3. The van der Waals surface area contributed by atoms with Crippen molar-refractivity contribution in [1.29, 1.82) is 0 Å². The number of hydrogen-bond donors (Lipinski definition) is 2. The number of benzene rings is 2. The number of nitrogens with zero attached hydrogens (tertiary/aromatic N) is 1. The molecule has 0 radical (unpaired) electrons. The minimum absolute atomic E-state index is 0.0972. The molecule has 0 saturated heterocycles. The molecule has 6 heteroatoms. The van der Waals surface area contributed by atoms with Crippen molar-refractivity contribution in [3.8, 4) is 5.75 Å². The zero-order valence-corrected chi connectivity index (χ0v) is 15.1. The van der Waals surface area contributed by atoms with E-state index in [0.29, 0.717) is 30.2 Å². The summed E-state index contributed by atoms with van der Waals surface area (Å²) in [6.45, 7) is 4.16. The first-order valence-corrected chi connectivity index (χ1v) is 8.53. The van der Waals surface area contributed by atoms with E-state index >= 15 is 0 Å². The van der Waals surface area contributed by atoms with Crippen LogP contribution in [0.4, 0.5) is 10.5 Å². The zero-order chi connectivity index (χ0) is 18.9. The summed E-state index contributed by atoms with van der Waals surface area (Å²) in [5.74, 6) is 0.398. The van der Waals surface area contributed by atoms with E-state index in [9.17, 15) is 14.7 Å². The molecule has 0 spiro atoms. The number of ketones is 1. The van der Waals surface area contributed by atoms with Gasteiger partial charge in [-0.15, -0.1) is 0 Å². The van der Waals surface area contributed by atoms with Crippen molar-refractivity contribution < 1.29 is 19.4 Å². The fraction of sp³-hybridized carbons (Fsp3) is 0.300. The van der Waals surface area contributed by atoms with E-state index in [1.807, 2.05) is 37.3 Å². The van der Waals surface area contributed by atoms with E-state index in [1.165, 1.54) is 11.8 Å². The van der Waals surface area contributed by atoms with Crippen LogP contribution in [0.1, 0.15) is 29.8 Å². The average molecular weight is 356 g/mol. The maximum Gasteiger partial charge on any atom is 0.322 e. The van der Waals surface area contributed by atoms with Crippen LogP contribution in [0.2, 0.25) is 0 Å². The summed E-state index contributed by atoms with van der Waals surface area (Å²) in [6.07, 6.45) is 0. The number of ether oxygens (including phenoxy) is 1. The van der Waals surface area contributed by atoms with Crippen LogP contribution in [0, 0.1) is 0 Å². The average Bonchev–Trinajstić information content (AvgIpc) is 2.63. The van der Waals surface area contributed by atoms with Gasteiger partial charge in [0.2, 0.25) is 0 Å². The molecule has 0 unspecified atom stereocenters. The van der Waals surface area contributed by atoms with Crippen LogP contribution in [-0.4, -0.2) is 41.6 Å². The lowest BCUT2D eigenvalue weighted by Crippen LogP contribution is -2.36. The highest BCUT2D eigenvalue weighted by Gasteiger charge is 2.17. The van der Waals surface area contributed by atoms with Gasteiger partial charge < -0.3 is 20.1 Å². The Hall–Kier alpha value is -2.86. The number of carbonyl (C=O) groups is 2. The Labute approximate surface area is 153 Å². The van der Waals surface area contributed by atoms with E-state index in [2.05, 4.69) is 5.32 Å². The summed E-state index contributed by atoms with van der Waals surface area (Å²) in [5, 5.41) is 12.1. The fourth-order valence-electron chi connectivity index (χ4n) is 2.50. The highest BCUT2D eigenvalue weighted by Crippen LogP contribution is 2.26.